The lowest BCUT2D eigenvalue weighted by atomic mass is 9.80. The zero-order valence-corrected chi connectivity index (χ0v) is 12.9. The average Bonchev–Trinajstić information content (AvgIpc) is 2.87. The molecule has 0 bridgehead atoms. The summed E-state index contributed by atoms with van der Waals surface area (Å²) in [4.78, 5) is 14.4. The van der Waals surface area contributed by atoms with E-state index in [1.807, 2.05) is 0 Å². The molecule has 1 amide bonds. The van der Waals surface area contributed by atoms with Crippen LogP contribution in [0.2, 0.25) is 0 Å². The van der Waals surface area contributed by atoms with Crippen LogP contribution in [0.1, 0.15) is 52.9 Å². The SMILES string of the molecule is CC(C)(C)C1CCN(C(=O)CCC2CCNCC2)C1. The average molecular weight is 266 g/mol. The Hall–Kier alpha value is -0.570. The lowest BCUT2D eigenvalue weighted by Crippen LogP contribution is -2.32. The van der Waals surface area contributed by atoms with Crippen molar-refractivity contribution in [2.24, 2.45) is 17.3 Å². The van der Waals surface area contributed by atoms with Crippen LogP contribution in [-0.4, -0.2) is 37.0 Å². The van der Waals surface area contributed by atoms with Gasteiger partial charge in [0.15, 0.2) is 0 Å². The largest absolute Gasteiger partial charge is 0.342 e. The van der Waals surface area contributed by atoms with E-state index < -0.39 is 0 Å². The minimum atomic E-state index is 0.337. The summed E-state index contributed by atoms with van der Waals surface area (Å²) in [6.07, 6.45) is 5.54. The fourth-order valence-electron chi connectivity index (χ4n) is 3.35. The smallest absolute Gasteiger partial charge is 0.222 e. The Morgan fingerprint density at radius 1 is 1.21 bits per heavy atom. The summed E-state index contributed by atoms with van der Waals surface area (Å²) in [5.74, 6) is 1.84. The standard InChI is InChI=1S/C16H30N2O/c1-16(2,3)14-8-11-18(12-14)15(19)5-4-13-6-9-17-10-7-13/h13-14,17H,4-12H2,1-3H3. The molecule has 3 heteroatoms. The molecule has 0 aromatic carbocycles. The molecule has 110 valence electrons. The van der Waals surface area contributed by atoms with E-state index in [9.17, 15) is 4.79 Å². The fraction of sp³-hybridized carbons (Fsp3) is 0.938. The van der Waals surface area contributed by atoms with E-state index in [4.69, 9.17) is 0 Å². The predicted octanol–water partition coefficient (Wildman–Crippen LogP) is 2.66. The summed E-state index contributed by atoms with van der Waals surface area (Å²) >= 11 is 0. The number of rotatable bonds is 3. The van der Waals surface area contributed by atoms with Crippen molar-refractivity contribution in [3.63, 3.8) is 0 Å². The van der Waals surface area contributed by atoms with Gasteiger partial charge in [0.2, 0.25) is 5.91 Å². The second kappa shape index (κ2) is 6.25. The monoisotopic (exact) mass is 266 g/mol. The highest BCUT2D eigenvalue weighted by molar-refractivity contribution is 5.76. The number of amides is 1. The number of hydrogen-bond donors (Lipinski definition) is 1. The van der Waals surface area contributed by atoms with E-state index in [0.717, 1.165) is 44.9 Å². The zero-order chi connectivity index (χ0) is 13.9. The number of hydrogen-bond acceptors (Lipinski definition) is 2. The lowest BCUT2D eigenvalue weighted by molar-refractivity contribution is -0.130. The van der Waals surface area contributed by atoms with E-state index in [0.29, 0.717) is 17.2 Å². The normalized spacial score (nSPS) is 25.8. The van der Waals surface area contributed by atoms with E-state index in [1.165, 1.54) is 19.3 Å². The fourth-order valence-corrected chi connectivity index (χ4v) is 3.35. The van der Waals surface area contributed by atoms with E-state index in [1.54, 1.807) is 0 Å². The minimum absolute atomic E-state index is 0.337. The van der Waals surface area contributed by atoms with E-state index in [-0.39, 0.29) is 0 Å². The van der Waals surface area contributed by atoms with Crippen LogP contribution in [0.3, 0.4) is 0 Å². The number of nitrogens with one attached hydrogen (secondary N) is 1. The summed E-state index contributed by atoms with van der Waals surface area (Å²) in [5.41, 5.74) is 0.337. The van der Waals surface area contributed by atoms with Crippen molar-refractivity contribution in [1.82, 2.24) is 10.2 Å². The highest BCUT2D eigenvalue weighted by Gasteiger charge is 2.33. The Kier molecular flexibility index (Phi) is 4.88. The van der Waals surface area contributed by atoms with Gasteiger partial charge in [-0.15, -0.1) is 0 Å². The first-order chi connectivity index (χ1) is 8.97. The molecule has 2 heterocycles. The van der Waals surface area contributed by atoms with Gasteiger partial charge in [-0.05, 0) is 56.0 Å². The molecule has 3 nitrogen and oxygen atoms in total. The summed E-state index contributed by atoms with van der Waals surface area (Å²) < 4.78 is 0. The molecule has 19 heavy (non-hydrogen) atoms. The minimum Gasteiger partial charge on any atom is -0.342 e. The van der Waals surface area contributed by atoms with Crippen molar-refractivity contribution in [3.05, 3.63) is 0 Å². The second-order valence-electron chi connectivity index (χ2n) is 7.42. The van der Waals surface area contributed by atoms with Crippen LogP contribution in [-0.2, 0) is 4.79 Å². The number of piperidine rings is 1. The van der Waals surface area contributed by atoms with Gasteiger partial charge in [0.05, 0.1) is 0 Å². The molecular formula is C16H30N2O. The van der Waals surface area contributed by atoms with Crippen LogP contribution in [0.15, 0.2) is 0 Å². The molecule has 1 unspecified atom stereocenters. The van der Waals surface area contributed by atoms with Gasteiger partial charge in [0.1, 0.15) is 0 Å². The van der Waals surface area contributed by atoms with Crippen LogP contribution < -0.4 is 5.32 Å². The van der Waals surface area contributed by atoms with Gasteiger partial charge in [-0.25, -0.2) is 0 Å². The maximum absolute atomic E-state index is 12.3. The molecule has 2 rings (SSSR count). The van der Waals surface area contributed by atoms with Gasteiger partial charge < -0.3 is 10.2 Å². The molecule has 0 aromatic rings. The molecule has 1 N–H and O–H groups in total. The van der Waals surface area contributed by atoms with Crippen molar-refractivity contribution in [2.75, 3.05) is 26.2 Å². The van der Waals surface area contributed by atoms with Gasteiger partial charge in [-0.1, -0.05) is 20.8 Å². The first-order valence-electron chi connectivity index (χ1n) is 7.95. The van der Waals surface area contributed by atoms with Crippen LogP contribution in [0, 0.1) is 17.3 Å². The van der Waals surface area contributed by atoms with Gasteiger partial charge in [0.25, 0.3) is 0 Å². The third kappa shape index (κ3) is 4.20. The first kappa shape index (κ1) is 14.8. The highest BCUT2D eigenvalue weighted by Crippen LogP contribution is 2.34. The predicted molar refractivity (Wildman–Crippen MR) is 79.0 cm³/mol. The molecule has 2 aliphatic rings. The Morgan fingerprint density at radius 2 is 1.89 bits per heavy atom. The number of likely N-dealkylation sites (tertiary alicyclic amines) is 1. The zero-order valence-electron chi connectivity index (χ0n) is 12.9. The quantitative estimate of drug-likeness (QED) is 0.852. The van der Waals surface area contributed by atoms with Gasteiger partial charge in [0, 0.05) is 19.5 Å². The van der Waals surface area contributed by atoms with Crippen molar-refractivity contribution >= 4 is 5.91 Å². The highest BCUT2D eigenvalue weighted by atomic mass is 16.2. The molecule has 2 aliphatic heterocycles. The second-order valence-corrected chi connectivity index (χ2v) is 7.42. The molecule has 0 radical (unpaired) electrons. The third-order valence-electron chi connectivity index (χ3n) is 4.99. The summed E-state index contributed by atoms with van der Waals surface area (Å²) in [6, 6.07) is 0. The molecule has 0 saturated carbocycles. The maximum atomic E-state index is 12.3. The Labute approximate surface area is 118 Å². The number of carbonyl (C=O) groups is 1. The molecule has 0 aromatic heterocycles. The van der Waals surface area contributed by atoms with Crippen molar-refractivity contribution in [2.45, 2.75) is 52.9 Å². The van der Waals surface area contributed by atoms with Gasteiger partial charge in [-0.2, -0.15) is 0 Å². The molecular weight excluding hydrogens is 236 g/mol. The molecule has 2 fully saturated rings. The Bertz CT molecular complexity index is 302. The van der Waals surface area contributed by atoms with Gasteiger partial charge in [-0.3, -0.25) is 4.79 Å². The van der Waals surface area contributed by atoms with Crippen molar-refractivity contribution in [3.8, 4) is 0 Å². The number of nitrogens with zero attached hydrogens (tertiary/aromatic N) is 1. The van der Waals surface area contributed by atoms with Crippen LogP contribution in [0.25, 0.3) is 0 Å². The topological polar surface area (TPSA) is 32.3 Å². The molecule has 0 spiro atoms. The first-order valence-corrected chi connectivity index (χ1v) is 7.95. The number of carbonyl (C=O) groups excluding carboxylic acids is 1. The lowest BCUT2D eigenvalue weighted by Gasteiger charge is -2.27. The third-order valence-corrected chi connectivity index (χ3v) is 4.99. The Balaban J connectivity index is 1.72. The molecule has 1 atom stereocenters. The maximum Gasteiger partial charge on any atom is 0.222 e. The van der Waals surface area contributed by atoms with E-state index in [2.05, 4.69) is 31.0 Å². The van der Waals surface area contributed by atoms with Crippen LogP contribution in [0.5, 0.6) is 0 Å². The summed E-state index contributed by atoms with van der Waals surface area (Å²) in [6.45, 7) is 11.1. The molecule has 2 saturated heterocycles. The van der Waals surface area contributed by atoms with Crippen LogP contribution in [0.4, 0.5) is 0 Å². The van der Waals surface area contributed by atoms with Crippen molar-refractivity contribution < 1.29 is 4.79 Å². The van der Waals surface area contributed by atoms with Crippen LogP contribution >= 0.6 is 0 Å². The summed E-state index contributed by atoms with van der Waals surface area (Å²) in [7, 11) is 0. The van der Waals surface area contributed by atoms with E-state index >= 15 is 0 Å². The molecule has 0 aliphatic carbocycles. The Morgan fingerprint density at radius 3 is 2.47 bits per heavy atom. The van der Waals surface area contributed by atoms with Crippen molar-refractivity contribution in [1.29, 1.82) is 0 Å². The summed E-state index contributed by atoms with van der Waals surface area (Å²) in [5, 5.41) is 3.38. The van der Waals surface area contributed by atoms with Gasteiger partial charge >= 0.3 is 0 Å².